The van der Waals surface area contributed by atoms with Crippen LogP contribution < -0.4 is 17.0 Å². The van der Waals surface area contributed by atoms with Crippen molar-refractivity contribution in [2.45, 2.75) is 13.3 Å². The summed E-state index contributed by atoms with van der Waals surface area (Å²) in [5.41, 5.74) is 12.0. The van der Waals surface area contributed by atoms with Crippen LogP contribution in [0.15, 0.2) is 59.5 Å². The lowest BCUT2D eigenvalue weighted by molar-refractivity contribution is 0.833. The van der Waals surface area contributed by atoms with E-state index in [4.69, 9.17) is 28.3 Å². The highest BCUT2D eigenvalue weighted by molar-refractivity contribution is 6.35. The van der Waals surface area contributed by atoms with E-state index in [9.17, 15) is 4.79 Å². The predicted octanol–water partition coefficient (Wildman–Crippen LogP) is 3.11. The second-order valence-electron chi connectivity index (χ2n) is 6.13. The molecular weight excluding hydrogens is 402 g/mol. The third-order valence-corrected chi connectivity index (χ3v) is 4.52. The first-order chi connectivity index (χ1) is 14.5. The van der Waals surface area contributed by atoms with E-state index < -0.39 is 0 Å². The normalized spacial score (nSPS) is 10.2. The summed E-state index contributed by atoms with van der Waals surface area (Å²) in [6, 6.07) is 16.7. The van der Waals surface area contributed by atoms with Crippen LogP contribution in [0, 0.1) is 11.3 Å². The zero-order chi connectivity index (χ0) is 21.7. The molecule has 0 fully saturated rings. The maximum absolute atomic E-state index is 12.8. The third kappa shape index (κ3) is 4.21. The van der Waals surface area contributed by atoms with Crippen molar-refractivity contribution in [3.8, 4) is 11.8 Å². The molecule has 150 valence electrons. The second-order valence-corrected chi connectivity index (χ2v) is 6.54. The molecule has 0 atom stereocenters. The van der Waals surface area contributed by atoms with Gasteiger partial charge in [0, 0.05) is 6.42 Å². The van der Waals surface area contributed by atoms with E-state index in [2.05, 4.69) is 15.0 Å². The zero-order valence-corrected chi connectivity index (χ0v) is 16.8. The Balaban J connectivity index is 0.000000216. The van der Waals surface area contributed by atoms with Crippen molar-refractivity contribution in [1.82, 2.24) is 19.5 Å². The summed E-state index contributed by atoms with van der Waals surface area (Å²) in [5.74, 6) is 0.933. The lowest BCUT2D eigenvalue weighted by atomic mass is 10.2. The van der Waals surface area contributed by atoms with Crippen molar-refractivity contribution in [3.63, 3.8) is 0 Å². The summed E-state index contributed by atoms with van der Waals surface area (Å²) in [4.78, 5) is 24.5. The van der Waals surface area contributed by atoms with Crippen LogP contribution in [0.25, 0.3) is 16.6 Å². The van der Waals surface area contributed by atoms with Gasteiger partial charge in [0.1, 0.15) is 23.3 Å². The molecule has 0 aliphatic carbocycles. The van der Waals surface area contributed by atoms with Crippen molar-refractivity contribution >= 4 is 34.3 Å². The van der Waals surface area contributed by atoms with Gasteiger partial charge in [-0.15, -0.1) is 0 Å². The number of nitrogens with two attached hydrogens (primary N) is 2. The molecule has 2 aromatic heterocycles. The van der Waals surface area contributed by atoms with Crippen LogP contribution in [0.5, 0.6) is 0 Å². The number of anilines is 2. The molecule has 0 unspecified atom stereocenters. The van der Waals surface area contributed by atoms with Gasteiger partial charge in [0.05, 0.1) is 27.8 Å². The number of hydrogen-bond acceptors (Lipinski definition) is 7. The van der Waals surface area contributed by atoms with Crippen LogP contribution in [0.4, 0.5) is 11.8 Å². The number of rotatable bonds is 2. The van der Waals surface area contributed by atoms with Crippen LogP contribution in [-0.2, 0) is 6.42 Å². The molecule has 4 N–H and O–H groups in total. The topological polar surface area (TPSA) is 136 Å². The van der Waals surface area contributed by atoms with Crippen LogP contribution in [0.1, 0.15) is 18.3 Å². The minimum absolute atomic E-state index is 0.0801. The molecule has 0 saturated carbocycles. The molecule has 4 aromatic rings. The molecule has 2 aromatic carbocycles. The van der Waals surface area contributed by atoms with Gasteiger partial charge in [-0.05, 0) is 24.3 Å². The molecule has 0 aliphatic rings. The molecule has 0 bridgehead atoms. The average Bonchev–Trinajstić information content (AvgIpc) is 2.74. The molecule has 2 heterocycles. The molecular formula is C21H18ClN7O. The Morgan fingerprint density at radius 3 is 2.47 bits per heavy atom. The van der Waals surface area contributed by atoms with Crippen LogP contribution in [0.2, 0.25) is 5.02 Å². The number of nitrogen functional groups attached to an aromatic ring is 2. The van der Waals surface area contributed by atoms with Gasteiger partial charge in [-0.2, -0.15) is 10.2 Å². The lowest BCUT2D eigenvalue weighted by Crippen LogP contribution is -2.23. The minimum atomic E-state index is -0.122. The summed E-state index contributed by atoms with van der Waals surface area (Å²) in [7, 11) is 0. The number of aryl methyl sites for hydroxylation is 1. The highest BCUT2D eigenvalue weighted by Gasteiger charge is 2.13. The third-order valence-electron chi connectivity index (χ3n) is 4.20. The van der Waals surface area contributed by atoms with Gasteiger partial charge in [-0.1, -0.05) is 42.8 Å². The molecule has 0 saturated heterocycles. The summed E-state index contributed by atoms with van der Waals surface area (Å²) in [5, 5.41) is 9.26. The van der Waals surface area contributed by atoms with E-state index in [0.717, 1.165) is 11.5 Å². The van der Waals surface area contributed by atoms with Gasteiger partial charge in [0.2, 0.25) is 5.95 Å². The lowest BCUT2D eigenvalue weighted by Gasteiger charge is -2.12. The Labute approximate surface area is 177 Å². The Morgan fingerprint density at radius 2 is 1.83 bits per heavy atom. The number of nitriles is 1. The van der Waals surface area contributed by atoms with Gasteiger partial charge < -0.3 is 11.5 Å². The van der Waals surface area contributed by atoms with Gasteiger partial charge >= 0.3 is 0 Å². The van der Waals surface area contributed by atoms with E-state index >= 15 is 0 Å². The number of nitrogens with zero attached hydrogens (tertiary/aromatic N) is 5. The maximum Gasteiger partial charge on any atom is 0.267 e. The first-order valence-corrected chi connectivity index (χ1v) is 9.37. The van der Waals surface area contributed by atoms with E-state index in [0.29, 0.717) is 22.3 Å². The van der Waals surface area contributed by atoms with Crippen molar-refractivity contribution in [3.05, 3.63) is 81.5 Å². The van der Waals surface area contributed by atoms with Crippen LogP contribution in [-0.4, -0.2) is 19.5 Å². The van der Waals surface area contributed by atoms with Gasteiger partial charge in [-0.3, -0.25) is 9.36 Å². The van der Waals surface area contributed by atoms with Crippen LogP contribution >= 0.6 is 11.6 Å². The number of para-hydroxylation sites is 1. The molecule has 0 aliphatic heterocycles. The Bertz CT molecular complexity index is 1300. The van der Waals surface area contributed by atoms with Gasteiger partial charge in [-0.25, -0.2) is 9.97 Å². The van der Waals surface area contributed by atoms with Gasteiger partial charge in [0.15, 0.2) is 0 Å². The molecule has 0 spiro atoms. The summed E-state index contributed by atoms with van der Waals surface area (Å²) >= 11 is 6.16. The van der Waals surface area contributed by atoms with Crippen molar-refractivity contribution in [2.24, 2.45) is 0 Å². The molecule has 4 rings (SSSR count). The van der Waals surface area contributed by atoms with E-state index in [1.165, 1.54) is 6.20 Å². The van der Waals surface area contributed by atoms with E-state index in [1.807, 2.05) is 55.5 Å². The van der Waals surface area contributed by atoms with Crippen molar-refractivity contribution in [2.75, 3.05) is 11.5 Å². The molecule has 9 heteroatoms. The first-order valence-electron chi connectivity index (χ1n) is 9.00. The van der Waals surface area contributed by atoms with Crippen LogP contribution in [0.3, 0.4) is 0 Å². The average molecular weight is 420 g/mol. The molecule has 8 nitrogen and oxygen atoms in total. The zero-order valence-electron chi connectivity index (χ0n) is 16.1. The summed E-state index contributed by atoms with van der Waals surface area (Å²) < 4.78 is 1.63. The molecule has 0 amide bonds. The standard InChI is InChI=1S/C16H13ClN2O.C5H5N5/c1-2-14-18-13-10-6-9-12(17)15(13)16(20)19(14)11-7-4-3-5-8-11;6-1-3-2-9-5(8)10-4(3)7/h3-10H,2H2,1H3;2H,(H4,7,8,9,10). The van der Waals surface area contributed by atoms with Gasteiger partial charge in [0.25, 0.3) is 5.56 Å². The number of benzene rings is 2. The van der Waals surface area contributed by atoms with E-state index in [-0.39, 0.29) is 22.9 Å². The Hall–Kier alpha value is -3.96. The maximum atomic E-state index is 12.8. The SMILES string of the molecule is CCc1nc2cccc(Cl)c2c(=O)n1-c1ccccc1.N#Cc1cnc(N)nc1N. The second kappa shape index (κ2) is 9.03. The minimum Gasteiger partial charge on any atom is -0.382 e. The smallest absolute Gasteiger partial charge is 0.267 e. The monoisotopic (exact) mass is 419 g/mol. The molecule has 0 radical (unpaired) electrons. The fourth-order valence-corrected chi connectivity index (χ4v) is 3.06. The Morgan fingerprint density at radius 1 is 1.10 bits per heavy atom. The quantitative estimate of drug-likeness (QED) is 0.509. The Kier molecular flexibility index (Phi) is 6.25. The highest BCUT2D eigenvalue weighted by atomic mass is 35.5. The number of hydrogen-bond donors (Lipinski definition) is 2. The largest absolute Gasteiger partial charge is 0.382 e. The predicted molar refractivity (Wildman–Crippen MR) is 117 cm³/mol. The van der Waals surface area contributed by atoms with Crippen molar-refractivity contribution < 1.29 is 0 Å². The van der Waals surface area contributed by atoms with Crippen molar-refractivity contribution in [1.29, 1.82) is 5.26 Å². The fraction of sp³-hybridized carbons (Fsp3) is 0.0952. The summed E-state index contributed by atoms with van der Waals surface area (Å²) in [6.07, 6.45) is 1.96. The number of aromatic nitrogens is 4. The summed E-state index contributed by atoms with van der Waals surface area (Å²) in [6.45, 7) is 1.98. The number of fused-ring (bicyclic) bond motifs is 1. The fourth-order valence-electron chi connectivity index (χ4n) is 2.81. The highest BCUT2D eigenvalue weighted by Crippen LogP contribution is 2.20. The molecule has 30 heavy (non-hydrogen) atoms. The first kappa shape index (κ1) is 20.8. The van der Waals surface area contributed by atoms with E-state index in [1.54, 1.807) is 10.6 Å². The number of halogens is 1.